The van der Waals surface area contributed by atoms with E-state index >= 15 is 0 Å². The molecule has 0 aliphatic rings. The molecule has 156 valence electrons. The highest BCUT2D eigenvalue weighted by Crippen LogP contribution is 2.28. The largest absolute Gasteiger partial charge is 0.294 e. The molecule has 0 fully saturated rings. The van der Waals surface area contributed by atoms with Crippen molar-refractivity contribution in [2.75, 3.05) is 0 Å². The van der Waals surface area contributed by atoms with Gasteiger partial charge in [0.1, 0.15) is 0 Å². The van der Waals surface area contributed by atoms with Crippen LogP contribution in [0.25, 0.3) is 0 Å². The van der Waals surface area contributed by atoms with Crippen molar-refractivity contribution in [2.45, 2.75) is 59.4 Å². The molecular weight excluding hydrogens is 407 g/mol. The quantitative estimate of drug-likeness (QED) is 0.279. The SMILES string of the molecule is CCCc1ccc(C(=O)CC(C)(C)N(Cl)N(Cl)C(=O)c2cc(C)cc(C)c2)cc1. The minimum Gasteiger partial charge on any atom is -0.294 e. The first kappa shape index (κ1) is 23.4. The molecule has 0 aliphatic heterocycles. The predicted octanol–water partition coefficient (Wildman–Crippen LogP) is 6.27. The number of benzene rings is 2. The molecule has 0 bridgehead atoms. The maximum Gasteiger partial charge on any atom is 0.284 e. The summed E-state index contributed by atoms with van der Waals surface area (Å²) in [6.45, 7) is 9.49. The van der Waals surface area contributed by atoms with Crippen molar-refractivity contribution < 1.29 is 9.59 Å². The fourth-order valence-corrected chi connectivity index (χ4v) is 3.66. The molecule has 1 amide bonds. The van der Waals surface area contributed by atoms with Crippen LogP contribution in [0.5, 0.6) is 0 Å². The average molecular weight is 435 g/mol. The van der Waals surface area contributed by atoms with E-state index in [-0.39, 0.29) is 12.2 Å². The van der Waals surface area contributed by atoms with Gasteiger partial charge >= 0.3 is 0 Å². The normalized spacial score (nSPS) is 11.6. The van der Waals surface area contributed by atoms with Crippen molar-refractivity contribution >= 4 is 35.2 Å². The molecule has 0 saturated heterocycles. The zero-order valence-corrected chi connectivity index (χ0v) is 19.1. The van der Waals surface area contributed by atoms with Crippen molar-refractivity contribution in [3.8, 4) is 0 Å². The van der Waals surface area contributed by atoms with Gasteiger partial charge in [-0.1, -0.05) is 54.8 Å². The number of hydrazine groups is 1. The third-order valence-corrected chi connectivity index (χ3v) is 5.69. The molecule has 0 atom stereocenters. The minimum atomic E-state index is -0.878. The molecule has 2 aromatic rings. The summed E-state index contributed by atoms with van der Waals surface area (Å²) in [6.07, 6.45) is 2.14. The molecule has 6 heteroatoms. The zero-order valence-electron chi connectivity index (χ0n) is 17.6. The predicted molar refractivity (Wildman–Crippen MR) is 119 cm³/mol. The van der Waals surface area contributed by atoms with Crippen LogP contribution in [-0.2, 0) is 6.42 Å². The lowest BCUT2D eigenvalue weighted by atomic mass is 9.94. The second-order valence-corrected chi connectivity index (χ2v) is 8.70. The smallest absolute Gasteiger partial charge is 0.284 e. The van der Waals surface area contributed by atoms with Crippen molar-refractivity contribution in [1.29, 1.82) is 0 Å². The second kappa shape index (κ2) is 9.75. The lowest BCUT2D eigenvalue weighted by Crippen LogP contribution is -2.48. The first-order valence-electron chi connectivity index (χ1n) is 9.71. The Morgan fingerprint density at radius 3 is 2.00 bits per heavy atom. The maximum atomic E-state index is 12.8. The van der Waals surface area contributed by atoms with E-state index in [9.17, 15) is 9.59 Å². The van der Waals surface area contributed by atoms with E-state index in [0.29, 0.717) is 11.1 Å². The van der Waals surface area contributed by atoms with E-state index in [1.165, 1.54) is 5.56 Å². The summed E-state index contributed by atoms with van der Waals surface area (Å²) >= 11 is 12.7. The Kier molecular flexibility index (Phi) is 7.87. The Bertz CT molecular complexity index is 859. The van der Waals surface area contributed by atoms with E-state index in [0.717, 1.165) is 33.0 Å². The minimum absolute atomic E-state index is 0.0624. The van der Waals surface area contributed by atoms with Gasteiger partial charge in [0.15, 0.2) is 5.78 Å². The Morgan fingerprint density at radius 1 is 0.931 bits per heavy atom. The lowest BCUT2D eigenvalue weighted by Gasteiger charge is -2.36. The molecule has 0 heterocycles. The monoisotopic (exact) mass is 434 g/mol. The van der Waals surface area contributed by atoms with Gasteiger partial charge in [-0.2, -0.15) is 4.53 Å². The molecule has 0 saturated carbocycles. The molecule has 4 nitrogen and oxygen atoms in total. The van der Waals surface area contributed by atoms with Crippen LogP contribution < -0.4 is 0 Å². The summed E-state index contributed by atoms with van der Waals surface area (Å²) in [5.74, 6) is -0.509. The Balaban J connectivity index is 2.11. The number of rotatable bonds is 8. The molecule has 29 heavy (non-hydrogen) atoms. The van der Waals surface area contributed by atoms with Crippen molar-refractivity contribution in [3.05, 3.63) is 70.3 Å². The van der Waals surface area contributed by atoms with Gasteiger partial charge in [0.2, 0.25) is 0 Å². The topological polar surface area (TPSA) is 40.6 Å². The highest BCUT2D eigenvalue weighted by molar-refractivity contribution is 6.27. The number of nitrogens with zero attached hydrogens (tertiary/aromatic N) is 2. The summed E-state index contributed by atoms with van der Waals surface area (Å²) in [5, 5.41) is 0. The Hall–Kier alpha value is -1.88. The summed E-state index contributed by atoms with van der Waals surface area (Å²) in [5.41, 5.74) is 3.30. The molecule has 0 radical (unpaired) electrons. The van der Waals surface area contributed by atoms with Gasteiger partial charge in [-0.05, 0) is 51.8 Å². The fraction of sp³-hybridized carbons (Fsp3) is 0.391. The van der Waals surface area contributed by atoms with Crippen LogP contribution >= 0.6 is 23.6 Å². The van der Waals surface area contributed by atoms with E-state index in [1.54, 1.807) is 26.0 Å². The summed E-state index contributed by atoms with van der Waals surface area (Å²) < 4.78 is 1.94. The van der Waals surface area contributed by atoms with Crippen LogP contribution in [0.3, 0.4) is 0 Å². The van der Waals surface area contributed by atoms with Crippen LogP contribution in [0.1, 0.15) is 71.0 Å². The number of carbonyl (C=O) groups is 2. The number of amides is 1. The zero-order chi connectivity index (χ0) is 21.8. The van der Waals surface area contributed by atoms with Gasteiger partial charge in [-0.15, -0.1) is 4.53 Å². The average Bonchev–Trinajstić information content (AvgIpc) is 2.65. The van der Waals surface area contributed by atoms with E-state index in [4.69, 9.17) is 23.6 Å². The third kappa shape index (κ3) is 6.05. The number of hydrogen-bond donors (Lipinski definition) is 0. The van der Waals surface area contributed by atoms with Gasteiger partial charge in [-0.3, -0.25) is 9.59 Å². The van der Waals surface area contributed by atoms with Crippen LogP contribution in [0.4, 0.5) is 0 Å². The van der Waals surface area contributed by atoms with E-state index in [2.05, 4.69) is 6.92 Å². The summed E-state index contributed by atoms with van der Waals surface area (Å²) in [6, 6.07) is 13.1. The number of halogens is 2. The standard InChI is InChI=1S/C23H28Cl2N2O2/c1-6-7-18-8-10-19(11-9-18)21(28)15-23(4,5)27(25)26(24)22(29)20-13-16(2)12-17(3)14-20/h8-14H,6-7,15H2,1-5H3. The number of hydrogen-bond acceptors (Lipinski definition) is 3. The first-order chi connectivity index (χ1) is 13.5. The number of ketones is 1. The summed E-state index contributed by atoms with van der Waals surface area (Å²) in [7, 11) is 0. The van der Waals surface area contributed by atoms with Crippen molar-refractivity contribution in [2.24, 2.45) is 0 Å². The summed E-state index contributed by atoms with van der Waals surface area (Å²) in [4.78, 5) is 25.5. The third-order valence-electron chi connectivity index (χ3n) is 4.70. The highest BCUT2D eigenvalue weighted by Gasteiger charge is 2.35. The van der Waals surface area contributed by atoms with Gasteiger partial charge in [0, 0.05) is 41.1 Å². The van der Waals surface area contributed by atoms with Gasteiger partial charge in [0.25, 0.3) is 5.91 Å². The maximum absolute atomic E-state index is 12.8. The number of Topliss-reactive ketones (excluding diaryl/α,β-unsaturated/α-hetero) is 1. The van der Waals surface area contributed by atoms with Crippen molar-refractivity contribution in [1.82, 2.24) is 9.06 Å². The van der Waals surface area contributed by atoms with Gasteiger partial charge in [-0.25, -0.2) is 0 Å². The molecule has 0 aliphatic carbocycles. The molecule has 2 aromatic carbocycles. The number of carbonyl (C=O) groups excluding carboxylic acids is 2. The number of aryl methyl sites for hydroxylation is 3. The van der Waals surface area contributed by atoms with Crippen molar-refractivity contribution in [3.63, 3.8) is 0 Å². The van der Waals surface area contributed by atoms with E-state index < -0.39 is 11.4 Å². The molecule has 0 aromatic heterocycles. The van der Waals surface area contributed by atoms with Gasteiger partial charge < -0.3 is 0 Å². The molecule has 2 rings (SSSR count). The van der Waals surface area contributed by atoms with Crippen LogP contribution in [-0.4, -0.2) is 26.3 Å². The molecule has 0 N–H and O–H groups in total. The van der Waals surface area contributed by atoms with Gasteiger partial charge in [0.05, 0.1) is 5.54 Å². The van der Waals surface area contributed by atoms with Crippen LogP contribution in [0, 0.1) is 13.8 Å². The Morgan fingerprint density at radius 2 is 1.48 bits per heavy atom. The molecule has 0 unspecified atom stereocenters. The van der Waals surface area contributed by atoms with Crippen LogP contribution in [0.15, 0.2) is 42.5 Å². The Labute approximate surface area is 183 Å². The van der Waals surface area contributed by atoms with E-state index in [1.807, 2.05) is 44.2 Å². The fourth-order valence-electron chi connectivity index (χ4n) is 3.23. The molecule has 0 spiro atoms. The van der Waals surface area contributed by atoms with Crippen LogP contribution in [0.2, 0.25) is 0 Å². The molecular formula is C23H28Cl2N2O2. The lowest BCUT2D eigenvalue weighted by molar-refractivity contribution is 0.0374. The first-order valence-corrected chi connectivity index (χ1v) is 10.4. The second-order valence-electron chi connectivity index (χ2n) is 8.06. The highest BCUT2D eigenvalue weighted by atomic mass is 35.5.